The van der Waals surface area contributed by atoms with E-state index >= 15 is 0 Å². The maximum absolute atomic E-state index is 6.20. The Morgan fingerprint density at radius 3 is 2.66 bits per heavy atom. The van der Waals surface area contributed by atoms with Crippen LogP contribution in [0.5, 0.6) is 0 Å². The molecule has 2 atom stereocenters. The monoisotopic (exact) mass is 393 g/mol. The smallest absolute Gasteiger partial charge is 0.203 e. The van der Waals surface area contributed by atoms with Gasteiger partial charge in [0.05, 0.1) is 5.92 Å². The number of thiophene rings is 1. The molecule has 0 radical (unpaired) electrons. The molecule has 0 bridgehead atoms. The van der Waals surface area contributed by atoms with Crippen molar-refractivity contribution in [3.63, 3.8) is 0 Å². The molecular formula is C26H19NOS. The summed E-state index contributed by atoms with van der Waals surface area (Å²) in [6.45, 7) is 2.30. The molecule has 0 saturated carbocycles. The molecule has 1 aliphatic carbocycles. The van der Waals surface area contributed by atoms with Crippen LogP contribution >= 0.6 is 11.3 Å². The Hall–Kier alpha value is -3.17. The number of allylic oxidation sites excluding steroid dienone is 4. The molecule has 0 aliphatic heterocycles. The van der Waals surface area contributed by atoms with Crippen molar-refractivity contribution in [1.29, 1.82) is 0 Å². The molecule has 0 N–H and O–H groups in total. The van der Waals surface area contributed by atoms with Gasteiger partial charge in [0, 0.05) is 25.6 Å². The third-order valence-electron chi connectivity index (χ3n) is 6.06. The summed E-state index contributed by atoms with van der Waals surface area (Å²) in [7, 11) is 0. The van der Waals surface area contributed by atoms with E-state index in [-0.39, 0.29) is 11.3 Å². The zero-order chi connectivity index (χ0) is 19.4. The quantitative estimate of drug-likeness (QED) is 0.313. The molecule has 0 saturated heterocycles. The third-order valence-corrected chi connectivity index (χ3v) is 7.28. The van der Waals surface area contributed by atoms with Crippen LogP contribution in [0.25, 0.3) is 31.3 Å². The summed E-state index contributed by atoms with van der Waals surface area (Å²) in [6.07, 6.45) is 8.76. The maximum Gasteiger partial charge on any atom is 0.203 e. The number of para-hydroxylation sites is 2. The average Bonchev–Trinajstić information content (AvgIpc) is 3.35. The number of nitrogens with zero attached hydrogens (tertiary/aromatic N) is 1. The summed E-state index contributed by atoms with van der Waals surface area (Å²) >= 11 is 1.87. The molecule has 2 unspecified atom stereocenters. The van der Waals surface area contributed by atoms with Gasteiger partial charge in [-0.15, -0.1) is 11.3 Å². The topological polar surface area (TPSA) is 26.0 Å². The fraction of sp³-hybridized carbons (Fsp3) is 0.115. The van der Waals surface area contributed by atoms with Crippen LogP contribution in [-0.4, -0.2) is 4.98 Å². The van der Waals surface area contributed by atoms with Gasteiger partial charge < -0.3 is 4.42 Å². The number of aromatic nitrogens is 1. The molecule has 2 aromatic heterocycles. The molecule has 29 heavy (non-hydrogen) atoms. The minimum Gasteiger partial charge on any atom is -0.440 e. The fourth-order valence-electron chi connectivity index (χ4n) is 4.52. The lowest BCUT2D eigenvalue weighted by Gasteiger charge is -2.34. The van der Waals surface area contributed by atoms with Crippen LogP contribution in [-0.2, 0) is 5.41 Å². The second kappa shape index (κ2) is 6.16. The second-order valence-electron chi connectivity index (χ2n) is 7.80. The van der Waals surface area contributed by atoms with Gasteiger partial charge in [-0.1, -0.05) is 79.8 Å². The number of rotatable bonds is 2. The van der Waals surface area contributed by atoms with Gasteiger partial charge >= 0.3 is 0 Å². The summed E-state index contributed by atoms with van der Waals surface area (Å²) in [5.41, 5.74) is 2.83. The van der Waals surface area contributed by atoms with E-state index in [1.165, 1.54) is 25.7 Å². The SMILES string of the molecule is CC1(c2cccc3c2sc2ccccc23)C=CC=CC1c1nc2ccccc2o1. The highest BCUT2D eigenvalue weighted by Crippen LogP contribution is 2.48. The lowest BCUT2D eigenvalue weighted by molar-refractivity contribution is 0.421. The molecule has 6 rings (SSSR count). The van der Waals surface area contributed by atoms with Gasteiger partial charge in [-0.25, -0.2) is 4.98 Å². The van der Waals surface area contributed by atoms with Crippen molar-refractivity contribution in [2.75, 3.05) is 0 Å². The molecule has 3 aromatic carbocycles. The van der Waals surface area contributed by atoms with E-state index in [1.807, 2.05) is 35.6 Å². The number of benzene rings is 3. The zero-order valence-corrected chi connectivity index (χ0v) is 16.8. The van der Waals surface area contributed by atoms with E-state index in [4.69, 9.17) is 9.40 Å². The molecule has 140 valence electrons. The molecule has 2 nitrogen and oxygen atoms in total. The van der Waals surface area contributed by atoms with Crippen LogP contribution in [0.1, 0.15) is 24.3 Å². The minimum atomic E-state index is -0.240. The standard InChI is InChI=1S/C26H19NOS/c1-26(19-12-8-10-18-17-9-2-5-15-23(17)29-24(18)19)16-7-6-11-20(26)25-27-21-13-3-4-14-22(21)28-25/h2-16,20H,1H3. The van der Waals surface area contributed by atoms with E-state index < -0.39 is 0 Å². The van der Waals surface area contributed by atoms with Crippen LogP contribution in [0.4, 0.5) is 0 Å². The predicted octanol–water partition coefficient (Wildman–Crippen LogP) is 7.36. The van der Waals surface area contributed by atoms with Gasteiger partial charge in [0.1, 0.15) is 5.52 Å². The van der Waals surface area contributed by atoms with Crippen molar-refractivity contribution < 1.29 is 4.42 Å². The first-order valence-corrected chi connectivity index (χ1v) is 10.7. The van der Waals surface area contributed by atoms with Gasteiger partial charge in [0.2, 0.25) is 5.89 Å². The zero-order valence-electron chi connectivity index (χ0n) is 16.0. The van der Waals surface area contributed by atoms with Crippen molar-refractivity contribution >= 4 is 42.6 Å². The van der Waals surface area contributed by atoms with Crippen molar-refractivity contribution in [3.05, 3.63) is 102 Å². The summed E-state index contributed by atoms with van der Waals surface area (Å²) in [4.78, 5) is 4.83. The Bertz CT molecular complexity index is 1400. The molecule has 2 heterocycles. The average molecular weight is 394 g/mol. The molecular weight excluding hydrogens is 374 g/mol. The van der Waals surface area contributed by atoms with Crippen LogP contribution in [0.3, 0.4) is 0 Å². The van der Waals surface area contributed by atoms with Gasteiger partial charge in [0.25, 0.3) is 0 Å². The van der Waals surface area contributed by atoms with Crippen LogP contribution < -0.4 is 0 Å². The summed E-state index contributed by atoms with van der Waals surface area (Å²) in [6, 6.07) is 23.3. The maximum atomic E-state index is 6.20. The highest BCUT2D eigenvalue weighted by Gasteiger charge is 2.39. The van der Waals surface area contributed by atoms with Crippen LogP contribution in [0.15, 0.2) is 95.5 Å². The summed E-state index contributed by atoms with van der Waals surface area (Å²) in [5.74, 6) is 0.808. The highest BCUT2D eigenvalue weighted by atomic mass is 32.1. The third kappa shape index (κ3) is 2.44. The normalized spacial score (nSPS) is 21.5. The van der Waals surface area contributed by atoms with E-state index in [0.29, 0.717) is 0 Å². The molecule has 1 aliphatic rings. The number of hydrogen-bond acceptors (Lipinski definition) is 3. The molecule has 0 spiro atoms. The van der Waals surface area contributed by atoms with E-state index in [1.54, 1.807) is 0 Å². The van der Waals surface area contributed by atoms with Gasteiger partial charge in [-0.2, -0.15) is 0 Å². The van der Waals surface area contributed by atoms with Crippen LogP contribution in [0.2, 0.25) is 0 Å². The molecule has 3 heteroatoms. The van der Waals surface area contributed by atoms with Crippen molar-refractivity contribution in [1.82, 2.24) is 4.98 Å². The van der Waals surface area contributed by atoms with E-state index in [0.717, 1.165) is 17.0 Å². The van der Waals surface area contributed by atoms with Crippen molar-refractivity contribution in [2.45, 2.75) is 18.3 Å². The molecule has 0 amide bonds. The lowest BCUT2D eigenvalue weighted by atomic mass is 9.69. The van der Waals surface area contributed by atoms with Gasteiger partial charge in [-0.3, -0.25) is 0 Å². The summed E-state index contributed by atoms with van der Waals surface area (Å²) < 4.78 is 8.87. The van der Waals surface area contributed by atoms with Gasteiger partial charge in [-0.05, 0) is 23.8 Å². The Morgan fingerprint density at radius 2 is 1.72 bits per heavy atom. The first-order chi connectivity index (χ1) is 14.2. The number of hydrogen-bond donors (Lipinski definition) is 0. The van der Waals surface area contributed by atoms with Gasteiger partial charge in [0.15, 0.2) is 5.58 Å². The van der Waals surface area contributed by atoms with Crippen LogP contribution in [0, 0.1) is 0 Å². The minimum absolute atomic E-state index is 0.0377. The predicted molar refractivity (Wildman–Crippen MR) is 122 cm³/mol. The van der Waals surface area contributed by atoms with Crippen molar-refractivity contribution in [2.24, 2.45) is 0 Å². The Balaban J connectivity index is 1.59. The summed E-state index contributed by atoms with van der Waals surface area (Å²) in [5, 5.41) is 2.65. The lowest BCUT2D eigenvalue weighted by Crippen LogP contribution is -2.29. The fourth-order valence-corrected chi connectivity index (χ4v) is 5.87. The Kier molecular flexibility index (Phi) is 3.56. The first kappa shape index (κ1) is 16.8. The number of oxazole rings is 1. The van der Waals surface area contributed by atoms with Crippen molar-refractivity contribution in [3.8, 4) is 0 Å². The molecule has 0 fully saturated rings. The molecule has 5 aromatic rings. The first-order valence-electron chi connectivity index (χ1n) is 9.86. The highest BCUT2D eigenvalue weighted by molar-refractivity contribution is 7.26. The van der Waals surface area contributed by atoms with E-state index in [9.17, 15) is 0 Å². The van der Waals surface area contributed by atoms with E-state index in [2.05, 4.69) is 73.7 Å². The largest absolute Gasteiger partial charge is 0.440 e. The number of fused-ring (bicyclic) bond motifs is 4. The Labute approximate surface area is 172 Å². The second-order valence-corrected chi connectivity index (χ2v) is 8.86. The Morgan fingerprint density at radius 1 is 0.897 bits per heavy atom.